The number of carbonyl (C=O) groups is 2. The van der Waals surface area contributed by atoms with Crippen LogP contribution in [0.15, 0.2) is 149 Å². The Morgan fingerprint density at radius 2 is 1.16 bits per heavy atom. The van der Waals surface area contributed by atoms with E-state index in [9.17, 15) is 43.9 Å². The molecule has 341 valence electrons. The summed E-state index contributed by atoms with van der Waals surface area (Å²) in [6.45, 7) is 2.09. The van der Waals surface area contributed by atoms with Crippen molar-refractivity contribution in [2.75, 3.05) is 13.1 Å². The molecular formula is C46H40BN4O13S3+2. The van der Waals surface area contributed by atoms with E-state index in [1.165, 1.54) is 24.3 Å². The molecule has 0 unspecified atom stereocenters. The summed E-state index contributed by atoms with van der Waals surface area (Å²) in [5.74, 6) is -0.978. The van der Waals surface area contributed by atoms with Crippen molar-refractivity contribution < 1.29 is 67.5 Å². The van der Waals surface area contributed by atoms with E-state index >= 15 is 0 Å². The van der Waals surface area contributed by atoms with Crippen LogP contribution < -0.4 is 28.6 Å². The number of aromatic nitrogens is 2. The maximum Gasteiger partial charge on any atom is 0.569 e. The van der Waals surface area contributed by atoms with Gasteiger partial charge in [0.15, 0.2) is 37.9 Å². The summed E-state index contributed by atoms with van der Waals surface area (Å²) in [4.78, 5) is 22.9. The molecule has 8 rings (SSSR count). The van der Waals surface area contributed by atoms with Gasteiger partial charge in [-0.1, -0.05) is 42.5 Å². The van der Waals surface area contributed by atoms with E-state index in [-0.39, 0.29) is 63.5 Å². The van der Waals surface area contributed by atoms with Gasteiger partial charge in [0.1, 0.15) is 21.3 Å². The fourth-order valence-electron chi connectivity index (χ4n) is 7.90. The van der Waals surface area contributed by atoms with E-state index in [0.29, 0.717) is 32.1 Å². The molecule has 0 aliphatic heterocycles. The van der Waals surface area contributed by atoms with Crippen molar-refractivity contribution in [2.45, 2.75) is 41.1 Å². The SMILES string of the molecule is CC(=O)Oc1cc(S(=O)(=O)O)c2ccc3c(S(=O)(=O)O)cc(S(=O)(=O)NCCCNC(=O)c4ccc(C[n+]5ccc(-c6cc[n+](Cc7cccc(O[B]O)c7)cc6)cc5)cc4)c4ccc1c2c34. The van der Waals surface area contributed by atoms with Crippen molar-refractivity contribution in [3.63, 3.8) is 0 Å². The van der Waals surface area contributed by atoms with E-state index in [4.69, 9.17) is 14.4 Å². The number of hydrogen-bond acceptors (Lipinski definition) is 11. The van der Waals surface area contributed by atoms with Crippen LogP contribution in [0.4, 0.5) is 0 Å². The Balaban J connectivity index is 0.895. The Labute approximate surface area is 385 Å². The quantitative estimate of drug-likeness (QED) is 0.0162. The molecule has 2 aromatic heterocycles. The van der Waals surface area contributed by atoms with Gasteiger partial charge in [-0.2, -0.15) is 16.8 Å². The number of sulfonamides is 1. The summed E-state index contributed by atoms with van der Waals surface area (Å²) in [5.41, 5.74) is 4.43. The average Bonchev–Trinajstić information content (AvgIpc) is 3.28. The van der Waals surface area contributed by atoms with Crippen LogP contribution in [0.5, 0.6) is 11.5 Å². The lowest BCUT2D eigenvalue weighted by Crippen LogP contribution is -2.33. The van der Waals surface area contributed by atoms with Gasteiger partial charge in [0, 0.05) is 99.4 Å². The second kappa shape index (κ2) is 18.8. The lowest BCUT2D eigenvalue weighted by molar-refractivity contribution is -0.688. The second-order valence-corrected chi connectivity index (χ2v) is 20.0. The third kappa shape index (κ3) is 10.3. The van der Waals surface area contributed by atoms with Crippen LogP contribution in [-0.4, -0.2) is 72.0 Å². The van der Waals surface area contributed by atoms with Crippen LogP contribution in [0, 0.1) is 0 Å². The van der Waals surface area contributed by atoms with Crippen LogP contribution in [0.25, 0.3) is 43.4 Å². The Hall–Kier alpha value is -6.85. The largest absolute Gasteiger partial charge is 0.569 e. The van der Waals surface area contributed by atoms with Gasteiger partial charge in [-0.15, -0.1) is 0 Å². The highest BCUT2D eigenvalue weighted by Gasteiger charge is 2.29. The summed E-state index contributed by atoms with van der Waals surface area (Å²) in [7, 11) is -13.9. The van der Waals surface area contributed by atoms with Gasteiger partial charge < -0.3 is 19.7 Å². The van der Waals surface area contributed by atoms with Crippen LogP contribution >= 0.6 is 0 Å². The van der Waals surface area contributed by atoms with Gasteiger partial charge in [-0.25, -0.2) is 22.3 Å². The lowest BCUT2D eigenvalue weighted by Gasteiger charge is -2.19. The molecular weight excluding hydrogens is 924 g/mol. The van der Waals surface area contributed by atoms with Crippen LogP contribution in [-0.2, 0) is 48.1 Å². The van der Waals surface area contributed by atoms with Gasteiger partial charge in [0.05, 0.1) is 4.90 Å². The van der Waals surface area contributed by atoms with Gasteiger partial charge in [-0.05, 0) is 53.9 Å². The third-order valence-corrected chi connectivity index (χ3v) is 14.2. The number of nitrogens with one attached hydrogen (secondary N) is 2. The molecule has 0 spiro atoms. The highest BCUT2D eigenvalue weighted by molar-refractivity contribution is 7.90. The Kier molecular flexibility index (Phi) is 13.1. The topological polar surface area (TPSA) is 248 Å². The monoisotopic (exact) mass is 963 g/mol. The lowest BCUT2D eigenvalue weighted by atomic mass is 9.93. The number of nitrogens with zero attached hydrogens (tertiary/aromatic N) is 2. The zero-order valence-corrected chi connectivity index (χ0v) is 37.8. The molecule has 6 aromatic carbocycles. The molecule has 0 aliphatic carbocycles. The van der Waals surface area contributed by atoms with Gasteiger partial charge in [0.25, 0.3) is 26.1 Å². The molecule has 1 radical (unpaired) electrons. The number of benzene rings is 6. The summed E-state index contributed by atoms with van der Waals surface area (Å²) in [5, 5.41) is 11.3. The second-order valence-electron chi connectivity index (χ2n) is 15.5. The standard InChI is InChI=1S/C46H38BN4O13S3/c1-29(52)63-40-25-42(66(57,58)59)38-12-13-39-43(67(60,61)62)26-41(37-11-10-36(40)44(38)45(37)39)65(55,56)49-19-3-18-48-46(53)34-8-6-30(7-9-34)27-50-20-14-32(15-21-50)33-16-22-51(23-17-33)28-31-4-2-5-35(24-31)64-47-54/h2,4-17,20-26,49,54H,3,18-19,27-28H2,1H3,(H-2,48,53,57,58,59,60,61,62)/p+2. The molecule has 0 fully saturated rings. The first-order chi connectivity index (χ1) is 31.9. The van der Waals surface area contributed by atoms with Gasteiger partial charge in [0.2, 0.25) is 10.0 Å². The van der Waals surface area contributed by atoms with Gasteiger partial charge >= 0.3 is 13.7 Å². The maximum atomic E-state index is 13.9. The average molecular weight is 964 g/mol. The maximum absolute atomic E-state index is 13.9. The minimum atomic E-state index is -5.09. The van der Waals surface area contributed by atoms with Crippen molar-refractivity contribution >= 4 is 82.1 Å². The molecule has 0 saturated carbocycles. The molecule has 2 heterocycles. The predicted octanol–water partition coefficient (Wildman–Crippen LogP) is 4.35. The predicted molar refractivity (Wildman–Crippen MR) is 245 cm³/mol. The van der Waals surface area contributed by atoms with E-state index < -0.39 is 50.9 Å². The van der Waals surface area contributed by atoms with Crippen LogP contribution in [0.2, 0.25) is 0 Å². The normalized spacial score (nSPS) is 12.1. The molecule has 0 saturated heterocycles. The van der Waals surface area contributed by atoms with Crippen molar-refractivity contribution in [2.24, 2.45) is 0 Å². The summed E-state index contributed by atoms with van der Waals surface area (Å²) >= 11 is 0. The number of amides is 1. The summed E-state index contributed by atoms with van der Waals surface area (Å²) < 4.78 is 115. The molecule has 67 heavy (non-hydrogen) atoms. The van der Waals surface area contributed by atoms with Crippen LogP contribution in [0.3, 0.4) is 0 Å². The number of rotatable bonds is 17. The number of pyridine rings is 2. The zero-order valence-electron chi connectivity index (χ0n) is 35.4. The smallest absolute Gasteiger partial charge is 0.537 e. The number of esters is 1. The van der Waals surface area contributed by atoms with E-state index in [2.05, 4.69) is 10.0 Å². The Morgan fingerprint density at radius 1 is 0.627 bits per heavy atom. The highest BCUT2D eigenvalue weighted by Crippen LogP contribution is 2.45. The Morgan fingerprint density at radius 3 is 1.73 bits per heavy atom. The molecule has 0 aliphatic rings. The fourth-order valence-corrected chi connectivity index (χ4v) is 10.7. The van der Waals surface area contributed by atoms with Crippen molar-refractivity contribution in [3.8, 4) is 22.6 Å². The summed E-state index contributed by atoms with van der Waals surface area (Å²) in [6, 6.07) is 29.4. The highest BCUT2D eigenvalue weighted by atomic mass is 32.2. The van der Waals surface area contributed by atoms with E-state index in [0.717, 1.165) is 41.3 Å². The minimum Gasteiger partial charge on any atom is -0.537 e. The summed E-state index contributed by atoms with van der Waals surface area (Å²) in [6.07, 6.45) is 8.04. The molecule has 17 nitrogen and oxygen atoms in total. The first-order valence-corrected chi connectivity index (χ1v) is 24.7. The number of hydrogen-bond donors (Lipinski definition) is 5. The van der Waals surface area contributed by atoms with Gasteiger partial charge in [-0.3, -0.25) is 18.7 Å². The van der Waals surface area contributed by atoms with Crippen molar-refractivity contribution in [3.05, 3.63) is 151 Å². The fraction of sp³-hybridized carbons (Fsp3) is 0.130. The molecule has 8 aromatic rings. The number of ether oxygens (including phenoxy) is 1. The molecule has 1 amide bonds. The first-order valence-electron chi connectivity index (χ1n) is 20.4. The third-order valence-electron chi connectivity index (χ3n) is 10.9. The molecule has 0 bridgehead atoms. The Bertz CT molecular complexity index is 3540. The molecule has 0 atom stereocenters. The zero-order chi connectivity index (χ0) is 47.7. The first kappa shape index (κ1) is 46.7. The molecule has 5 N–H and O–H groups in total. The number of carbonyl (C=O) groups excluding carboxylic acids is 2. The van der Waals surface area contributed by atoms with E-state index in [1.807, 2.05) is 88.5 Å². The van der Waals surface area contributed by atoms with E-state index in [1.54, 1.807) is 18.2 Å². The van der Waals surface area contributed by atoms with Crippen molar-refractivity contribution in [1.82, 2.24) is 10.0 Å². The minimum absolute atomic E-state index is 0.0453. The molecule has 21 heteroatoms. The van der Waals surface area contributed by atoms with Crippen molar-refractivity contribution in [1.29, 1.82) is 0 Å². The van der Waals surface area contributed by atoms with Crippen LogP contribution in [0.1, 0.15) is 34.8 Å².